The average molecular weight is 312 g/mol. The maximum atomic E-state index is 11.5. The van der Waals surface area contributed by atoms with Crippen LogP contribution in [0.5, 0.6) is 0 Å². The van der Waals surface area contributed by atoms with E-state index < -0.39 is 0 Å². The molecular formula is C18H32O4. The molecule has 0 aromatic rings. The summed E-state index contributed by atoms with van der Waals surface area (Å²) in [5.74, 6) is 0.585. The second kappa shape index (κ2) is 9.31. The zero-order valence-electron chi connectivity index (χ0n) is 14.8. The van der Waals surface area contributed by atoms with Gasteiger partial charge in [0.25, 0.3) is 0 Å². The third kappa shape index (κ3) is 5.73. The van der Waals surface area contributed by atoms with Crippen molar-refractivity contribution in [3.63, 3.8) is 0 Å². The van der Waals surface area contributed by atoms with Crippen LogP contribution in [0, 0.1) is 11.8 Å². The molecule has 4 atom stereocenters. The summed E-state index contributed by atoms with van der Waals surface area (Å²) in [5.41, 5.74) is -0.286. The normalized spacial score (nSPS) is 30.4. The van der Waals surface area contributed by atoms with Gasteiger partial charge in [-0.15, -0.1) is 0 Å². The summed E-state index contributed by atoms with van der Waals surface area (Å²) in [6.07, 6.45) is 9.57. The van der Waals surface area contributed by atoms with E-state index in [-0.39, 0.29) is 24.1 Å². The van der Waals surface area contributed by atoms with Crippen molar-refractivity contribution in [2.45, 2.75) is 77.9 Å². The van der Waals surface area contributed by atoms with Gasteiger partial charge in [-0.2, -0.15) is 0 Å². The van der Waals surface area contributed by atoms with Gasteiger partial charge in [-0.25, -0.2) is 9.78 Å². The van der Waals surface area contributed by atoms with E-state index in [1.54, 1.807) is 0 Å². The molecule has 0 saturated carbocycles. The molecule has 4 nitrogen and oxygen atoms in total. The van der Waals surface area contributed by atoms with Gasteiger partial charge in [0.2, 0.25) is 0 Å². The van der Waals surface area contributed by atoms with Gasteiger partial charge >= 0.3 is 5.97 Å². The summed E-state index contributed by atoms with van der Waals surface area (Å²) in [6, 6.07) is 0. The van der Waals surface area contributed by atoms with E-state index in [2.05, 4.69) is 39.8 Å². The third-order valence-corrected chi connectivity index (χ3v) is 4.57. The summed E-state index contributed by atoms with van der Waals surface area (Å²) in [4.78, 5) is 22.8. The largest absolute Gasteiger partial charge is 0.469 e. The molecule has 0 amide bonds. The van der Waals surface area contributed by atoms with E-state index in [9.17, 15) is 4.79 Å². The molecule has 1 heterocycles. The van der Waals surface area contributed by atoms with E-state index in [1.165, 1.54) is 7.11 Å². The number of ether oxygens (including phenoxy) is 1. The van der Waals surface area contributed by atoms with Crippen molar-refractivity contribution in [2.24, 2.45) is 11.8 Å². The number of hydrogen-bond acceptors (Lipinski definition) is 4. The van der Waals surface area contributed by atoms with Crippen molar-refractivity contribution in [2.75, 3.05) is 7.11 Å². The minimum atomic E-state index is -0.286. The van der Waals surface area contributed by atoms with Crippen LogP contribution in [-0.2, 0) is 19.3 Å². The topological polar surface area (TPSA) is 44.8 Å². The molecule has 128 valence electrons. The molecule has 0 aromatic heterocycles. The van der Waals surface area contributed by atoms with Crippen LogP contribution in [0.2, 0.25) is 0 Å². The number of rotatable bonds is 8. The molecule has 0 aliphatic carbocycles. The maximum Gasteiger partial charge on any atom is 0.308 e. The Hall–Kier alpha value is -0.870. The highest BCUT2D eigenvalue weighted by atomic mass is 17.2. The van der Waals surface area contributed by atoms with Crippen LogP contribution in [0.25, 0.3) is 0 Å². The Morgan fingerprint density at radius 2 is 2.14 bits per heavy atom. The Kier molecular flexibility index (Phi) is 8.12. The predicted molar refractivity (Wildman–Crippen MR) is 87.2 cm³/mol. The lowest BCUT2D eigenvalue weighted by atomic mass is 9.79. The maximum absolute atomic E-state index is 11.5. The van der Waals surface area contributed by atoms with E-state index in [1.807, 2.05) is 0 Å². The molecule has 1 unspecified atom stereocenters. The molecule has 4 heteroatoms. The van der Waals surface area contributed by atoms with Crippen molar-refractivity contribution >= 4 is 5.97 Å². The van der Waals surface area contributed by atoms with Crippen LogP contribution in [0.4, 0.5) is 0 Å². The van der Waals surface area contributed by atoms with Crippen LogP contribution >= 0.6 is 0 Å². The first-order chi connectivity index (χ1) is 10.5. The van der Waals surface area contributed by atoms with Crippen molar-refractivity contribution in [3.8, 4) is 0 Å². The van der Waals surface area contributed by atoms with Gasteiger partial charge in [0, 0.05) is 0 Å². The SMILES string of the molecule is CC/C=C/C(CC)C[C@]1(C)C[C@H](CC)[C@@H](CC(=O)OC)OO1. The second-order valence-corrected chi connectivity index (χ2v) is 6.53. The Balaban J connectivity index is 2.66. The molecule has 1 fully saturated rings. The van der Waals surface area contributed by atoms with Gasteiger partial charge in [-0.1, -0.05) is 39.3 Å². The van der Waals surface area contributed by atoms with Gasteiger partial charge in [0.15, 0.2) is 0 Å². The number of carbonyl (C=O) groups is 1. The highest BCUT2D eigenvalue weighted by Gasteiger charge is 2.41. The average Bonchev–Trinajstić information content (AvgIpc) is 2.53. The van der Waals surface area contributed by atoms with Gasteiger partial charge < -0.3 is 4.74 Å². The minimum Gasteiger partial charge on any atom is -0.469 e. The number of allylic oxidation sites excluding steroid dienone is 2. The minimum absolute atomic E-state index is 0.197. The lowest BCUT2D eigenvalue weighted by Crippen LogP contribution is -2.45. The van der Waals surface area contributed by atoms with E-state index in [4.69, 9.17) is 14.5 Å². The third-order valence-electron chi connectivity index (χ3n) is 4.57. The van der Waals surface area contributed by atoms with E-state index >= 15 is 0 Å². The van der Waals surface area contributed by atoms with Gasteiger partial charge in [0.05, 0.1) is 13.5 Å². The first-order valence-corrected chi connectivity index (χ1v) is 8.55. The predicted octanol–water partition coefficient (Wildman–Crippen LogP) is 4.44. The molecule has 1 aliphatic rings. The highest BCUT2D eigenvalue weighted by molar-refractivity contribution is 5.69. The molecule has 22 heavy (non-hydrogen) atoms. The van der Waals surface area contributed by atoms with Gasteiger partial charge in [-0.05, 0) is 44.4 Å². The first-order valence-electron chi connectivity index (χ1n) is 8.55. The van der Waals surface area contributed by atoms with Crippen molar-refractivity contribution in [3.05, 3.63) is 12.2 Å². The first kappa shape index (κ1) is 19.2. The lowest BCUT2D eigenvalue weighted by molar-refractivity contribution is -0.419. The van der Waals surface area contributed by atoms with Crippen molar-refractivity contribution in [1.82, 2.24) is 0 Å². The number of hydrogen-bond donors (Lipinski definition) is 0. The van der Waals surface area contributed by atoms with E-state index in [0.29, 0.717) is 11.8 Å². The quantitative estimate of drug-likeness (QED) is 0.378. The highest BCUT2D eigenvalue weighted by Crippen LogP contribution is 2.39. The van der Waals surface area contributed by atoms with Crippen LogP contribution in [0.1, 0.15) is 66.2 Å². The zero-order chi connectivity index (χ0) is 16.6. The summed E-state index contributed by atoms with van der Waals surface area (Å²) in [5, 5.41) is 0. The molecule has 0 N–H and O–H groups in total. The Labute approximate surface area is 135 Å². The Morgan fingerprint density at radius 1 is 1.41 bits per heavy atom. The fourth-order valence-electron chi connectivity index (χ4n) is 3.18. The molecule has 1 aliphatic heterocycles. The summed E-state index contributed by atoms with van der Waals surface area (Å²) in [7, 11) is 1.41. The summed E-state index contributed by atoms with van der Waals surface area (Å²) >= 11 is 0. The number of esters is 1. The molecule has 1 rings (SSSR count). The second-order valence-electron chi connectivity index (χ2n) is 6.53. The van der Waals surface area contributed by atoms with Crippen molar-refractivity contribution < 1.29 is 19.3 Å². The number of carbonyl (C=O) groups excluding carboxylic acids is 1. The fourth-order valence-corrected chi connectivity index (χ4v) is 3.18. The monoisotopic (exact) mass is 312 g/mol. The van der Waals surface area contributed by atoms with Crippen LogP contribution in [-0.4, -0.2) is 24.8 Å². The molecule has 0 aromatic carbocycles. The standard InChI is InChI=1S/C18H32O4/c1-6-9-10-14(7-2)12-18(4)13-15(8-3)16(21-22-18)11-17(19)20-5/h9-10,14-16H,6-8,11-13H2,1-5H3/b10-9+/t14?,15-,16+,18+/m0/s1. The van der Waals surface area contributed by atoms with E-state index in [0.717, 1.165) is 32.1 Å². The molecule has 0 radical (unpaired) electrons. The van der Waals surface area contributed by atoms with Crippen LogP contribution in [0.15, 0.2) is 12.2 Å². The number of methoxy groups -OCH3 is 1. The van der Waals surface area contributed by atoms with Gasteiger partial charge in [-0.3, -0.25) is 4.79 Å². The van der Waals surface area contributed by atoms with Gasteiger partial charge in [0.1, 0.15) is 11.7 Å². The molecular weight excluding hydrogens is 280 g/mol. The van der Waals surface area contributed by atoms with Crippen LogP contribution in [0.3, 0.4) is 0 Å². The smallest absolute Gasteiger partial charge is 0.308 e. The van der Waals surface area contributed by atoms with Crippen molar-refractivity contribution in [1.29, 1.82) is 0 Å². The molecule has 0 bridgehead atoms. The zero-order valence-corrected chi connectivity index (χ0v) is 14.8. The summed E-state index contributed by atoms with van der Waals surface area (Å²) < 4.78 is 4.74. The molecule has 0 spiro atoms. The molecule has 1 saturated heterocycles. The van der Waals surface area contributed by atoms with Crippen LogP contribution < -0.4 is 0 Å². The fraction of sp³-hybridized carbons (Fsp3) is 0.833. The Bertz CT molecular complexity index is 366. The Morgan fingerprint density at radius 3 is 2.68 bits per heavy atom. The lowest BCUT2D eigenvalue weighted by Gasteiger charge is -2.42. The summed E-state index contributed by atoms with van der Waals surface area (Å²) in [6.45, 7) is 8.61.